The number of aromatic nitrogens is 4. The van der Waals surface area contributed by atoms with Crippen molar-refractivity contribution in [2.24, 2.45) is 0 Å². The molecule has 0 spiro atoms. The molecule has 0 fully saturated rings. The molecule has 0 atom stereocenters. The number of aromatic amines is 2. The van der Waals surface area contributed by atoms with Crippen molar-refractivity contribution in [3.8, 4) is 33.4 Å². The van der Waals surface area contributed by atoms with Gasteiger partial charge in [0.15, 0.2) is 93.1 Å². The fourth-order valence-corrected chi connectivity index (χ4v) is 7.51. The van der Waals surface area contributed by atoms with E-state index in [4.69, 9.17) is 0 Å². The maximum atomic E-state index is 16.4. The van der Waals surface area contributed by atoms with Crippen LogP contribution in [0.25, 0.3) is 79.2 Å². The maximum Gasteiger partial charge on any atom is 0.200 e. The third-order valence-electron chi connectivity index (χ3n) is 10.5. The molecule has 2 aliphatic heterocycles. The molecule has 0 saturated carbocycles. The molecule has 9 rings (SSSR count). The molecule has 25 heteroatoms. The monoisotopic (exact) mass is 1030 g/mol. The first-order valence-corrected chi connectivity index (χ1v) is 18.3. The van der Waals surface area contributed by atoms with Gasteiger partial charge in [-0.2, -0.15) is 0 Å². The molecule has 0 amide bonds. The zero-order chi connectivity index (χ0) is 49.3. The molecule has 0 saturated heterocycles. The summed E-state index contributed by atoms with van der Waals surface area (Å²) in [6, 6.07) is 5.11. The van der Waals surface area contributed by atoms with Gasteiger partial charge in [0.1, 0.15) is 0 Å². The van der Waals surface area contributed by atoms with Crippen LogP contribution < -0.4 is 0 Å². The molecule has 0 aliphatic carbocycles. The molecular formula is C44H10F20FeN4. The van der Waals surface area contributed by atoms with Crippen LogP contribution in [0.15, 0.2) is 30.3 Å². The molecule has 354 valence electrons. The molecule has 3 aromatic heterocycles. The molecule has 69 heavy (non-hydrogen) atoms. The zero-order valence-corrected chi connectivity index (χ0v) is 33.5. The number of fused-ring (bicyclic) bond motifs is 8. The van der Waals surface area contributed by atoms with E-state index in [9.17, 15) is 26.3 Å². The Morgan fingerprint density at radius 2 is 0.638 bits per heavy atom. The molecule has 5 heterocycles. The molecule has 2 N–H and O–H groups in total. The second kappa shape index (κ2) is 17.0. The normalized spacial score (nSPS) is 12.3. The summed E-state index contributed by atoms with van der Waals surface area (Å²) in [5.41, 5.74) is -24.0. The van der Waals surface area contributed by atoms with E-state index in [1.165, 1.54) is 24.3 Å². The number of hydrogen-bond acceptors (Lipinski definition) is 2. The number of hydrogen-bond donors (Lipinski definition) is 2. The van der Waals surface area contributed by atoms with Crippen LogP contribution in [0.3, 0.4) is 0 Å². The summed E-state index contributed by atoms with van der Waals surface area (Å²) in [5, 5.41) is 0. The average Bonchev–Trinajstić information content (AvgIpc) is 4.13. The molecule has 4 aromatic carbocycles. The van der Waals surface area contributed by atoms with Crippen molar-refractivity contribution in [1.82, 2.24) is 19.9 Å². The van der Waals surface area contributed by atoms with E-state index in [0.717, 1.165) is 12.1 Å². The topological polar surface area (TPSA) is 57.4 Å². The van der Waals surface area contributed by atoms with E-state index < -0.39 is 189 Å². The Morgan fingerprint density at radius 3 is 1.06 bits per heavy atom. The second-order valence-electron chi connectivity index (χ2n) is 14.4. The predicted octanol–water partition coefficient (Wildman–Crippen LogP) is 13.9. The Hall–Kier alpha value is -7.40. The van der Waals surface area contributed by atoms with E-state index in [2.05, 4.69) is 15.0 Å². The van der Waals surface area contributed by atoms with Crippen LogP contribution in [0, 0.1) is 116 Å². The molecule has 0 unspecified atom stereocenters. The minimum atomic E-state index is -3.05. The Morgan fingerprint density at radius 1 is 0.304 bits per heavy atom. The van der Waals surface area contributed by atoms with Gasteiger partial charge in [-0.3, -0.25) is 0 Å². The van der Waals surface area contributed by atoms with Gasteiger partial charge in [0, 0.05) is 55.9 Å². The van der Waals surface area contributed by atoms with Crippen molar-refractivity contribution in [2.75, 3.05) is 0 Å². The van der Waals surface area contributed by atoms with Crippen LogP contribution in [0.1, 0.15) is 28.3 Å². The van der Waals surface area contributed by atoms with Crippen molar-refractivity contribution >= 4 is 45.9 Å². The number of halogens is 20. The van der Waals surface area contributed by atoms with Gasteiger partial charge in [0.2, 0.25) is 23.3 Å². The summed E-state index contributed by atoms with van der Waals surface area (Å²) in [7, 11) is 0. The van der Waals surface area contributed by atoms with Crippen molar-refractivity contribution in [1.29, 1.82) is 0 Å². The molecule has 7 aromatic rings. The standard InChI is InChI=1S/C44H10F20N4.Fe/c45-23-16(24(46)32(54)39(61)31(23)53)14-7-13-6-11-2-1-9(65-11)5-10-3-4-12(66-10)8-15-17(19-25(47)33(55)40(62)34(56)26(19)48)18(20-27(49)35(57)41(63)36(58)28(20)50)44(68-15)22(43(14)67-13)21-29(51)37(59)42(64)38(60)30(21)52;/h1-8,65,68H;. The SMILES string of the molecule is Fc1c(F)c(F)c(C2=Cc3cc4ccc(cc5nc(cc6[nH]c(c(-c7c(F)c(F)c(F)c(F)c7F)c2n3)c(-c2c(F)c(F)c(F)c(F)c2F)c6-c2c(F)c(F)c(F)c(F)c2F)C=C5)[nH]4)c(F)c1F.[Fe]. The maximum absolute atomic E-state index is 16.4. The number of nitrogens with one attached hydrogen (secondary N) is 2. The summed E-state index contributed by atoms with van der Waals surface area (Å²) in [6.45, 7) is 0. The Kier molecular flexibility index (Phi) is 11.8. The van der Waals surface area contributed by atoms with Crippen LogP contribution in [0.4, 0.5) is 87.8 Å². The fraction of sp³-hybridized carbons (Fsp3) is 0. The Bertz CT molecular complexity index is 3590. The molecule has 4 nitrogen and oxygen atoms in total. The number of benzene rings is 4. The third-order valence-corrected chi connectivity index (χ3v) is 10.5. The first-order chi connectivity index (χ1) is 32.0. The minimum absolute atomic E-state index is 0. The number of nitrogens with zero attached hydrogens (tertiary/aromatic N) is 2. The van der Waals surface area contributed by atoms with Gasteiger partial charge >= 0.3 is 0 Å². The van der Waals surface area contributed by atoms with Gasteiger partial charge < -0.3 is 9.97 Å². The van der Waals surface area contributed by atoms with E-state index in [1.54, 1.807) is 0 Å². The zero-order valence-electron chi connectivity index (χ0n) is 32.4. The van der Waals surface area contributed by atoms with E-state index >= 15 is 61.5 Å². The Balaban J connectivity index is 0.00000642. The largest absolute Gasteiger partial charge is 0.355 e. The number of H-pyrrole nitrogens is 2. The summed E-state index contributed by atoms with van der Waals surface area (Å²) >= 11 is 0. The first-order valence-electron chi connectivity index (χ1n) is 18.3. The van der Waals surface area contributed by atoms with Gasteiger partial charge in [-0.15, -0.1) is 0 Å². The number of rotatable bonds is 4. The quantitative estimate of drug-likeness (QED) is 0.0799. The minimum Gasteiger partial charge on any atom is -0.355 e. The van der Waals surface area contributed by atoms with E-state index in [1.807, 2.05) is 4.98 Å². The van der Waals surface area contributed by atoms with Gasteiger partial charge in [-0.1, -0.05) is 0 Å². The first kappa shape index (κ1) is 48.1. The molecule has 2 aliphatic rings. The summed E-state index contributed by atoms with van der Waals surface area (Å²) in [6.07, 6.45) is 2.52. The van der Waals surface area contributed by atoms with Crippen molar-refractivity contribution in [3.63, 3.8) is 0 Å². The summed E-state index contributed by atoms with van der Waals surface area (Å²) < 4.78 is 310. The van der Waals surface area contributed by atoms with E-state index in [0.29, 0.717) is 12.1 Å². The van der Waals surface area contributed by atoms with Crippen LogP contribution in [0.2, 0.25) is 0 Å². The van der Waals surface area contributed by atoms with Crippen LogP contribution in [-0.4, -0.2) is 19.9 Å². The van der Waals surface area contributed by atoms with Gasteiger partial charge in [0.05, 0.1) is 50.5 Å². The van der Waals surface area contributed by atoms with Gasteiger partial charge in [-0.25, -0.2) is 97.8 Å². The van der Waals surface area contributed by atoms with Crippen LogP contribution in [-0.2, 0) is 17.1 Å². The predicted molar refractivity (Wildman–Crippen MR) is 199 cm³/mol. The summed E-state index contributed by atoms with van der Waals surface area (Å²) in [4.78, 5) is 12.7. The fourth-order valence-electron chi connectivity index (χ4n) is 7.51. The van der Waals surface area contributed by atoms with Gasteiger partial charge in [-0.05, 0) is 48.6 Å². The molecule has 0 radical (unpaired) electrons. The van der Waals surface area contributed by atoms with Crippen molar-refractivity contribution < 1.29 is 105 Å². The smallest absolute Gasteiger partial charge is 0.200 e. The summed E-state index contributed by atoms with van der Waals surface area (Å²) in [5.74, 6) is -58.8. The van der Waals surface area contributed by atoms with Crippen LogP contribution >= 0.6 is 0 Å². The van der Waals surface area contributed by atoms with Crippen molar-refractivity contribution in [2.45, 2.75) is 0 Å². The molecule has 8 bridgehead atoms. The van der Waals surface area contributed by atoms with Crippen molar-refractivity contribution in [3.05, 3.63) is 175 Å². The Labute approximate surface area is 378 Å². The molecular weight excluding hydrogens is 1020 g/mol. The average molecular weight is 1030 g/mol. The van der Waals surface area contributed by atoms with Crippen LogP contribution in [0.5, 0.6) is 0 Å². The third kappa shape index (κ3) is 7.15. The second-order valence-corrected chi connectivity index (χ2v) is 14.4. The van der Waals surface area contributed by atoms with Gasteiger partial charge in [0.25, 0.3) is 0 Å². The van der Waals surface area contributed by atoms with E-state index in [-0.39, 0.29) is 33.8 Å².